The van der Waals surface area contributed by atoms with Gasteiger partial charge in [-0.2, -0.15) is 0 Å². The zero-order chi connectivity index (χ0) is 18.8. The number of thiophene rings is 1. The SMILES string of the molecule is Cc1cc(-c2nc(N)c3cc(C(=O)NCCc4cccnc4)sc3n2)no1. The lowest BCUT2D eigenvalue weighted by molar-refractivity contribution is 0.0958. The quantitative estimate of drug-likeness (QED) is 0.546. The average Bonchev–Trinajstić information content (AvgIpc) is 3.29. The molecule has 1 amide bonds. The Morgan fingerprint density at radius 2 is 2.22 bits per heavy atom. The predicted molar refractivity (Wildman–Crippen MR) is 102 cm³/mol. The molecule has 0 unspecified atom stereocenters. The second kappa shape index (κ2) is 7.12. The first-order valence-electron chi connectivity index (χ1n) is 8.28. The number of carbonyl (C=O) groups excluding carboxylic acids is 1. The number of anilines is 1. The van der Waals surface area contributed by atoms with Crippen LogP contribution in [0.3, 0.4) is 0 Å². The van der Waals surface area contributed by atoms with Crippen LogP contribution in [0.25, 0.3) is 21.7 Å². The first kappa shape index (κ1) is 17.1. The molecular weight excluding hydrogens is 364 g/mol. The van der Waals surface area contributed by atoms with E-state index >= 15 is 0 Å². The van der Waals surface area contributed by atoms with Crippen molar-refractivity contribution in [1.29, 1.82) is 0 Å². The summed E-state index contributed by atoms with van der Waals surface area (Å²) in [6, 6.07) is 7.30. The van der Waals surface area contributed by atoms with Crippen LogP contribution in [0.15, 0.2) is 41.2 Å². The molecule has 0 fully saturated rings. The van der Waals surface area contributed by atoms with Crippen LogP contribution in [0, 0.1) is 6.92 Å². The minimum Gasteiger partial charge on any atom is -0.383 e. The zero-order valence-corrected chi connectivity index (χ0v) is 15.3. The van der Waals surface area contributed by atoms with E-state index in [0.29, 0.717) is 51.2 Å². The Labute approximate surface area is 158 Å². The number of nitrogens with one attached hydrogen (secondary N) is 1. The summed E-state index contributed by atoms with van der Waals surface area (Å²) in [4.78, 5) is 26.4. The largest absolute Gasteiger partial charge is 0.383 e. The first-order valence-corrected chi connectivity index (χ1v) is 9.09. The van der Waals surface area contributed by atoms with Gasteiger partial charge in [0.25, 0.3) is 5.91 Å². The maximum absolute atomic E-state index is 12.4. The number of carbonyl (C=O) groups is 1. The van der Waals surface area contributed by atoms with Gasteiger partial charge in [0, 0.05) is 25.0 Å². The van der Waals surface area contributed by atoms with Gasteiger partial charge in [-0.15, -0.1) is 11.3 Å². The molecule has 9 heteroatoms. The number of aromatic nitrogens is 4. The minimum absolute atomic E-state index is 0.167. The van der Waals surface area contributed by atoms with E-state index in [2.05, 4.69) is 25.4 Å². The number of nitrogens with zero attached hydrogens (tertiary/aromatic N) is 4. The zero-order valence-electron chi connectivity index (χ0n) is 14.5. The van der Waals surface area contributed by atoms with Crippen LogP contribution >= 0.6 is 11.3 Å². The Morgan fingerprint density at radius 3 is 2.96 bits per heavy atom. The Balaban J connectivity index is 1.52. The summed E-state index contributed by atoms with van der Waals surface area (Å²) in [7, 11) is 0. The fourth-order valence-electron chi connectivity index (χ4n) is 2.60. The highest BCUT2D eigenvalue weighted by atomic mass is 32.1. The summed E-state index contributed by atoms with van der Waals surface area (Å²) < 4.78 is 5.06. The van der Waals surface area contributed by atoms with E-state index in [-0.39, 0.29) is 5.91 Å². The van der Waals surface area contributed by atoms with Crippen LogP contribution in [-0.2, 0) is 6.42 Å². The van der Waals surface area contributed by atoms with Gasteiger partial charge in [0.15, 0.2) is 11.5 Å². The van der Waals surface area contributed by atoms with Crippen molar-refractivity contribution in [2.24, 2.45) is 0 Å². The average molecular weight is 380 g/mol. The molecule has 4 rings (SSSR count). The molecule has 4 aromatic heterocycles. The fraction of sp³-hybridized carbons (Fsp3) is 0.167. The van der Waals surface area contributed by atoms with E-state index < -0.39 is 0 Å². The summed E-state index contributed by atoms with van der Waals surface area (Å²) in [6.45, 7) is 2.31. The Morgan fingerprint density at radius 1 is 1.33 bits per heavy atom. The number of rotatable bonds is 5. The molecule has 0 saturated carbocycles. The van der Waals surface area contributed by atoms with Gasteiger partial charge in [-0.3, -0.25) is 9.78 Å². The Bertz CT molecular complexity index is 1110. The highest BCUT2D eigenvalue weighted by Gasteiger charge is 2.16. The monoisotopic (exact) mass is 380 g/mol. The molecule has 27 heavy (non-hydrogen) atoms. The second-order valence-corrected chi connectivity index (χ2v) is 6.98. The molecule has 3 N–H and O–H groups in total. The smallest absolute Gasteiger partial charge is 0.261 e. The maximum atomic E-state index is 12.4. The van der Waals surface area contributed by atoms with Gasteiger partial charge in [0.1, 0.15) is 16.4 Å². The van der Waals surface area contributed by atoms with Crippen molar-refractivity contribution in [2.45, 2.75) is 13.3 Å². The van der Waals surface area contributed by atoms with Crippen LogP contribution in [0.5, 0.6) is 0 Å². The lowest BCUT2D eigenvalue weighted by atomic mass is 10.2. The van der Waals surface area contributed by atoms with E-state index in [1.54, 1.807) is 31.5 Å². The third kappa shape index (κ3) is 3.63. The summed E-state index contributed by atoms with van der Waals surface area (Å²) in [6.07, 6.45) is 4.22. The van der Waals surface area contributed by atoms with Crippen molar-refractivity contribution in [3.05, 3.63) is 52.9 Å². The highest BCUT2D eigenvalue weighted by molar-refractivity contribution is 7.20. The maximum Gasteiger partial charge on any atom is 0.261 e. The van der Waals surface area contributed by atoms with Gasteiger partial charge in [-0.1, -0.05) is 11.2 Å². The number of aryl methyl sites for hydroxylation is 1. The van der Waals surface area contributed by atoms with Crippen LogP contribution in [-0.4, -0.2) is 32.6 Å². The van der Waals surface area contributed by atoms with E-state index in [9.17, 15) is 4.79 Å². The molecule has 0 aliphatic rings. The molecule has 0 aliphatic carbocycles. The third-order valence-electron chi connectivity index (χ3n) is 3.93. The molecular formula is C18H16N6O2S. The number of hydrogen-bond donors (Lipinski definition) is 2. The number of pyridine rings is 1. The molecule has 0 radical (unpaired) electrons. The highest BCUT2D eigenvalue weighted by Crippen LogP contribution is 2.29. The van der Waals surface area contributed by atoms with Crippen LogP contribution in [0.2, 0.25) is 0 Å². The van der Waals surface area contributed by atoms with Crippen LogP contribution < -0.4 is 11.1 Å². The topological polar surface area (TPSA) is 120 Å². The Hall–Kier alpha value is -3.33. The lowest BCUT2D eigenvalue weighted by Crippen LogP contribution is -2.24. The van der Waals surface area contributed by atoms with E-state index in [1.807, 2.05) is 12.1 Å². The number of nitrogen functional groups attached to an aromatic ring is 1. The van der Waals surface area contributed by atoms with E-state index in [1.165, 1.54) is 11.3 Å². The van der Waals surface area contributed by atoms with Crippen molar-refractivity contribution in [3.8, 4) is 11.5 Å². The molecule has 8 nitrogen and oxygen atoms in total. The van der Waals surface area contributed by atoms with Crippen molar-refractivity contribution in [2.75, 3.05) is 12.3 Å². The van der Waals surface area contributed by atoms with Crippen molar-refractivity contribution < 1.29 is 9.32 Å². The van der Waals surface area contributed by atoms with Crippen molar-refractivity contribution in [1.82, 2.24) is 25.4 Å². The molecule has 0 aromatic carbocycles. The molecule has 0 bridgehead atoms. The van der Waals surface area contributed by atoms with E-state index in [4.69, 9.17) is 10.3 Å². The first-order chi connectivity index (χ1) is 13.1. The van der Waals surface area contributed by atoms with Gasteiger partial charge >= 0.3 is 0 Å². The minimum atomic E-state index is -0.167. The predicted octanol–water partition coefficient (Wildman–Crippen LogP) is 2.60. The molecule has 0 aliphatic heterocycles. The summed E-state index contributed by atoms with van der Waals surface area (Å²) in [5, 5.41) is 7.47. The standard InChI is InChI=1S/C18H16N6O2S/c1-10-7-13(24-26-10)16-22-15(19)12-8-14(27-18(12)23-16)17(25)21-6-4-11-3-2-5-20-9-11/h2-3,5,7-9H,4,6H2,1H3,(H,21,25)(H2,19,22,23). The molecule has 0 atom stereocenters. The summed E-state index contributed by atoms with van der Waals surface area (Å²) in [5.41, 5.74) is 7.63. The van der Waals surface area contributed by atoms with Crippen LogP contribution in [0.1, 0.15) is 21.0 Å². The third-order valence-corrected chi connectivity index (χ3v) is 4.95. The lowest BCUT2D eigenvalue weighted by Gasteiger charge is -2.03. The number of hydrogen-bond acceptors (Lipinski definition) is 8. The number of nitrogens with two attached hydrogens (primary N) is 1. The van der Waals surface area contributed by atoms with Gasteiger partial charge in [0.2, 0.25) is 0 Å². The molecule has 4 heterocycles. The number of amides is 1. The van der Waals surface area contributed by atoms with Crippen molar-refractivity contribution in [3.63, 3.8) is 0 Å². The van der Waals surface area contributed by atoms with Gasteiger partial charge in [-0.05, 0) is 31.0 Å². The van der Waals surface area contributed by atoms with Crippen molar-refractivity contribution >= 4 is 33.3 Å². The normalized spacial score (nSPS) is 11.0. The summed E-state index contributed by atoms with van der Waals surface area (Å²) >= 11 is 1.27. The van der Waals surface area contributed by atoms with Crippen LogP contribution in [0.4, 0.5) is 5.82 Å². The summed E-state index contributed by atoms with van der Waals surface area (Å²) in [5.74, 6) is 1.18. The molecule has 4 aromatic rings. The van der Waals surface area contributed by atoms with Gasteiger partial charge < -0.3 is 15.6 Å². The second-order valence-electron chi connectivity index (χ2n) is 5.95. The fourth-order valence-corrected chi connectivity index (χ4v) is 3.55. The van der Waals surface area contributed by atoms with Gasteiger partial charge in [0.05, 0.1) is 10.3 Å². The molecule has 0 saturated heterocycles. The number of fused-ring (bicyclic) bond motifs is 1. The van der Waals surface area contributed by atoms with E-state index in [0.717, 1.165) is 5.56 Å². The van der Waals surface area contributed by atoms with Gasteiger partial charge in [-0.25, -0.2) is 9.97 Å². The Kier molecular flexibility index (Phi) is 4.51. The molecule has 136 valence electrons. The molecule has 0 spiro atoms.